The van der Waals surface area contributed by atoms with E-state index in [9.17, 15) is 8.42 Å². The number of rotatable bonds is 5. The second-order valence-corrected chi connectivity index (χ2v) is 7.07. The average molecular weight is 360 g/mol. The van der Waals surface area contributed by atoms with Gasteiger partial charge in [0.15, 0.2) is 5.03 Å². The van der Waals surface area contributed by atoms with Gasteiger partial charge in [-0.1, -0.05) is 15.9 Å². The fourth-order valence-corrected chi connectivity index (χ4v) is 3.20. The molecule has 0 atom stereocenters. The molecular formula is C12H14BrN3O3S. The second kappa shape index (κ2) is 5.94. The predicted molar refractivity (Wildman–Crippen MR) is 77.9 cm³/mol. The minimum absolute atomic E-state index is 0.0639. The number of nitrogens with zero attached hydrogens (tertiary/aromatic N) is 2. The molecule has 8 heteroatoms. The molecule has 6 nitrogen and oxygen atoms in total. The zero-order valence-corrected chi connectivity index (χ0v) is 13.4. The molecule has 0 fully saturated rings. The van der Waals surface area contributed by atoms with Crippen molar-refractivity contribution in [3.05, 3.63) is 40.5 Å². The zero-order chi connectivity index (χ0) is 14.8. The van der Waals surface area contributed by atoms with Gasteiger partial charge in [0, 0.05) is 23.6 Å². The van der Waals surface area contributed by atoms with Gasteiger partial charge in [-0.25, -0.2) is 8.42 Å². The monoisotopic (exact) mass is 359 g/mol. The van der Waals surface area contributed by atoms with Gasteiger partial charge in [-0.2, -0.15) is 9.40 Å². The molecule has 20 heavy (non-hydrogen) atoms. The van der Waals surface area contributed by atoms with E-state index in [1.54, 1.807) is 13.2 Å². The van der Waals surface area contributed by atoms with E-state index in [-0.39, 0.29) is 11.6 Å². The Morgan fingerprint density at radius 3 is 2.75 bits per heavy atom. The first-order valence-corrected chi connectivity index (χ1v) is 7.96. The average Bonchev–Trinajstić information content (AvgIpc) is 2.93. The van der Waals surface area contributed by atoms with Gasteiger partial charge in [0.05, 0.1) is 13.3 Å². The van der Waals surface area contributed by atoms with Crippen LogP contribution in [0.2, 0.25) is 0 Å². The third kappa shape index (κ3) is 3.02. The second-order valence-electron chi connectivity index (χ2n) is 4.14. The Hall–Kier alpha value is -1.38. The largest absolute Gasteiger partial charge is 0.496 e. The molecule has 1 aromatic carbocycles. The normalized spacial score (nSPS) is 11.8. The number of hydrogen-bond donors (Lipinski definition) is 1. The lowest BCUT2D eigenvalue weighted by Crippen LogP contribution is -2.27. The van der Waals surface area contributed by atoms with Gasteiger partial charge in [-0.3, -0.25) is 5.10 Å². The summed E-state index contributed by atoms with van der Waals surface area (Å²) >= 11 is 3.36. The Morgan fingerprint density at radius 1 is 1.40 bits per heavy atom. The Morgan fingerprint density at radius 2 is 2.15 bits per heavy atom. The van der Waals surface area contributed by atoms with Crippen molar-refractivity contribution < 1.29 is 13.2 Å². The van der Waals surface area contributed by atoms with Gasteiger partial charge in [0.2, 0.25) is 0 Å². The van der Waals surface area contributed by atoms with Crippen molar-refractivity contribution in [2.24, 2.45) is 0 Å². The van der Waals surface area contributed by atoms with Gasteiger partial charge in [-0.15, -0.1) is 0 Å². The number of H-pyrrole nitrogens is 1. The molecule has 2 aromatic rings. The molecule has 0 saturated heterocycles. The van der Waals surface area contributed by atoms with Crippen molar-refractivity contribution in [2.45, 2.75) is 11.6 Å². The molecule has 0 unspecified atom stereocenters. The fourth-order valence-electron chi connectivity index (χ4n) is 1.75. The number of methoxy groups -OCH3 is 1. The Kier molecular flexibility index (Phi) is 4.46. The predicted octanol–water partition coefficient (Wildman–Crippen LogP) is 2.00. The number of hydrogen-bond acceptors (Lipinski definition) is 4. The first-order chi connectivity index (χ1) is 9.45. The SMILES string of the molecule is COc1ccc(Br)cc1CN(C)S(=O)(=O)c1ccn[nH]1. The van der Waals surface area contributed by atoms with Crippen LogP contribution in [-0.2, 0) is 16.6 Å². The number of ether oxygens (including phenoxy) is 1. The maximum atomic E-state index is 12.3. The van der Waals surface area contributed by atoms with Crippen LogP contribution in [0.5, 0.6) is 5.75 Å². The molecule has 0 aliphatic carbocycles. The number of aromatic amines is 1. The van der Waals surface area contributed by atoms with E-state index in [4.69, 9.17) is 4.74 Å². The first-order valence-electron chi connectivity index (χ1n) is 5.73. The van der Waals surface area contributed by atoms with Crippen LogP contribution in [0.4, 0.5) is 0 Å². The van der Waals surface area contributed by atoms with E-state index in [0.717, 1.165) is 10.0 Å². The highest BCUT2D eigenvalue weighted by atomic mass is 79.9. The summed E-state index contributed by atoms with van der Waals surface area (Å²) in [6.07, 6.45) is 1.40. The van der Waals surface area contributed by atoms with E-state index in [1.165, 1.54) is 23.6 Å². The van der Waals surface area contributed by atoms with Crippen LogP contribution in [0, 0.1) is 0 Å². The highest BCUT2D eigenvalue weighted by Crippen LogP contribution is 2.25. The minimum Gasteiger partial charge on any atom is -0.496 e. The van der Waals surface area contributed by atoms with Gasteiger partial charge in [-0.05, 0) is 24.3 Å². The number of benzene rings is 1. The molecule has 108 valence electrons. The van der Waals surface area contributed by atoms with Gasteiger partial charge < -0.3 is 4.74 Å². The van der Waals surface area contributed by atoms with E-state index >= 15 is 0 Å². The molecule has 0 aliphatic rings. The van der Waals surface area contributed by atoms with Crippen LogP contribution >= 0.6 is 15.9 Å². The highest BCUT2D eigenvalue weighted by Gasteiger charge is 2.23. The lowest BCUT2D eigenvalue weighted by molar-refractivity contribution is 0.397. The van der Waals surface area contributed by atoms with Crippen molar-refractivity contribution in [1.29, 1.82) is 0 Å². The number of sulfonamides is 1. The third-order valence-electron chi connectivity index (χ3n) is 2.80. The number of halogens is 1. The maximum Gasteiger partial charge on any atom is 0.260 e. The molecule has 2 rings (SSSR count). The Labute approximate surface area is 125 Å². The zero-order valence-electron chi connectivity index (χ0n) is 11.0. The van der Waals surface area contributed by atoms with Crippen molar-refractivity contribution >= 4 is 26.0 Å². The van der Waals surface area contributed by atoms with Crippen LogP contribution in [0.3, 0.4) is 0 Å². The van der Waals surface area contributed by atoms with Gasteiger partial charge in [0.25, 0.3) is 10.0 Å². The molecular weight excluding hydrogens is 346 g/mol. The van der Waals surface area contributed by atoms with Crippen molar-refractivity contribution in [2.75, 3.05) is 14.2 Å². The summed E-state index contributed by atoms with van der Waals surface area (Å²) in [6.45, 7) is 0.198. The first kappa shape index (κ1) is 15.0. The molecule has 1 N–H and O–H groups in total. The third-order valence-corrected chi connectivity index (χ3v) is 5.03. The summed E-state index contributed by atoms with van der Waals surface area (Å²) in [5.74, 6) is 0.639. The standard InChI is InChI=1S/C12H14BrN3O3S/c1-16(20(17,18)12-5-6-14-15-12)8-9-7-10(13)3-4-11(9)19-2/h3-7H,8H2,1-2H3,(H,14,15). The van der Waals surface area contributed by atoms with Crippen molar-refractivity contribution in [3.63, 3.8) is 0 Å². The summed E-state index contributed by atoms with van der Waals surface area (Å²) in [7, 11) is -0.525. The van der Waals surface area contributed by atoms with Gasteiger partial charge >= 0.3 is 0 Å². The van der Waals surface area contributed by atoms with E-state index < -0.39 is 10.0 Å². The highest BCUT2D eigenvalue weighted by molar-refractivity contribution is 9.10. The number of nitrogens with one attached hydrogen (secondary N) is 1. The van der Waals surface area contributed by atoms with Crippen LogP contribution in [0.15, 0.2) is 40.0 Å². The molecule has 1 heterocycles. The van der Waals surface area contributed by atoms with E-state index in [0.29, 0.717) is 5.75 Å². The smallest absolute Gasteiger partial charge is 0.260 e. The van der Waals surface area contributed by atoms with Crippen LogP contribution < -0.4 is 4.74 Å². The van der Waals surface area contributed by atoms with Crippen molar-refractivity contribution in [3.8, 4) is 5.75 Å². The van der Waals surface area contributed by atoms with Crippen molar-refractivity contribution in [1.82, 2.24) is 14.5 Å². The lowest BCUT2D eigenvalue weighted by atomic mass is 10.2. The summed E-state index contributed by atoms with van der Waals surface area (Å²) in [6, 6.07) is 6.88. The lowest BCUT2D eigenvalue weighted by Gasteiger charge is -2.17. The summed E-state index contributed by atoms with van der Waals surface area (Å²) in [5, 5.41) is 6.19. The number of aromatic nitrogens is 2. The maximum absolute atomic E-state index is 12.3. The molecule has 0 bridgehead atoms. The summed E-state index contributed by atoms with van der Waals surface area (Å²) in [4.78, 5) is 0. The quantitative estimate of drug-likeness (QED) is 0.885. The van der Waals surface area contributed by atoms with Crippen LogP contribution in [0.25, 0.3) is 0 Å². The Balaban J connectivity index is 2.28. The topological polar surface area (TPSA) is 75.3 Å². The fraction of sp³-hybridized carbons (Fsp3) is 0.250. The molecule has 0 aliphatic heterocycles. The molecule has 0 amide bonds. The van der Waals surface area contributed by atoms with E-state index in [2.05, 4.69) is 26.1 Å². The molecule has 0 radical (unpaired) electrons. The molecule has 0 spiro atoms. The van der Waals surface area contributed by atoms with Crippen LogP contribution in [-0.4, -0.2) is 37.1 Å². The summed E-state index contributed by atoms with van der Waals surface area (Å²) < 4.78 is 31.9. The molecule has 0 saturated carbocycles. The van der Waals surface area contributed by atoms with E-state index in [1.807, 2.05) is 12.1 Å². The van der Waals surface area contributed by atoms with Crippen LogP contribution in [0.1, 0.15) is 5.56 Å². The molecule has 1 aromatic heterocycles. The van der Waals surface area contributed by atoms with Gasteiger partial charge in [0.1, 0.15) is 5.75 Å². The summed E-state index contributed by atoms with van der Waals surface area (Å²) in [5.41, 5.74) is 0.771. The Bertz CT molecular complexity index is 686. The minimum atomic E-state index is -3.59.